The van der Waals surface area contributed by atoms with Crippen molar-refractivity contribution in [2.45, 2.75) is 25.0 Å². The number of nitrogens with zero attached hydrogens (tertiary/aromatic N) is 2. The Morgan fingerprint density at radius 2 is 2.33 bits per heavy atom. The second kappa shape index (κ2) is 4.88. The second-order valence-corrected chi connectivity index (χ2v) is 5.29. The average molecular weight is 272 g/mol. The summed E-state index contributed by atoms with van der Waals surface area (Å²) in [6, 6.07) is 1.55. The zero-order valence-electron chi connectivity index (χ0n) is 9.54. The lowest BCUT2D eigenvalue weighted by molar-refractivity contribution is 0.273. The van der Waals surface area contributed by atoms with Crippen LogP contribution in [0.5, 0.6) is 0 Å². The van der Waals surface area contributed by atoms with Crippen molar-refractivity contribution in [3.63, 3.8) is 0 Å². The first-order valence-corrected chi connectivity index (χ1v) is 6.57. The van der Waals surface area contributed by atoms with Gasteiger partial charge in [-0.2, -0.15) is 5.10 Å². The molecule has 9 heteroatoms. The fourth-order valence-electron chi connectivity index (χ4n) is 1.50. The molecule has 0 bridgehead atoms. The van der Waals surface area contributed by atoms with Crippen molar-refractivity contribution in [2.75, 3.05) is 0 Å². The number of aromatic amines is 1. The molecule has 98 valence electrons. The van der Waals surface area contributed by atoms with E-state index in [0.29, 0.717) is 11.5 Å². The molecule has 8 nitrogen and oxygen atoms in total. The molecule has 0 saturated heterocycles. The molecule has 0 saturated carbocycles. The monoisotopic (exact) mass is 272 g/mol. The predicted octanol–water partition coefficient (Wildman–Crippen LogP) is -0.323. The summed E-state index contributed by atoms with van der Waals surface area (Å²) in [6.45, 7) is 1.09. The quantitative estimate of drug-likeness (QED) is 0.685. The van der Waals surface area contributed by atoms with E-state index in [1.807, 2.05) is 0 Å². The highest BCUT2D eigenvalue weighted by molar-refractivity contribution is 7.89. The first-order valence-electron chi connectivity index (χ1n) is 5.08. The minimum Gasteiger partial charge on any atom is -0.390 e. The number of hydrogen-bond acceptors (Lipinski definition) is 6. The summed E-state index contributed by atoms with van der Waals surface area (Å²) in [4.78, 5) is -0.0375. The second-order valence-electron chi connectivity index (χ2n) is 3.59. The van der Waals surface area contributed by atoms with E-state index < -0.39 is 16.6 Å². The maximum atomic E-state index is 12.0. The molecular formula is C9H12N4O4S. The Labute approximate surface area is 103 Å². The van der Waals surface area contributed by atoms with Gasteiger partial charge in [0.25, 0.3) is 0 Å². The first-order chi connectivity index (χ1) is 8.54. The van der Waals surface area contributed by atoms with Crippen molar-refractivity contribution in [1.29, 1.82) is 0 Å². The molecule has 2 heterocycles. The van der Waals surface area contributed by atoms with Gasteiger partial charge in [0.15, 0.2) is 5.76 Å². The summed E-state index contributed by atoms with van der Waals surface area (Å²) in [7, 11) is -3.76. The van der Waals surface area contributed by atoms with Crippen molar-refractivity contribution >= 4 is 10.0 Å². The van der Waals surface area contributed by atoms with E-state index in [1.165, 1.54) is 6.20 Å². The summed E-state index contributed by atoms with van der Waals surface area (Å²) < 4.78 is 31.2. The molecule has 2 aromatic rings. The SMILES string of the molecule is Cc1[nH]nc(CO)c1S(=O)(=O)NCc1ccno1. The molecule has 0 atom stereocenters. The van der Waals surface area contributed by atoms with Gasteiger partial charge in [-0.25, -0.2) is 13.1 Å². The summed E-state index contributed by atoms with van der Waals surface area (Å²) in [6.07, 6.45) is 1.42. The Hall–Kier alpha value is -1.71. The number of nitrogens with one attached hydrogen (secondary N) is 2. The van der Waals surface area contributed by atoms with Gasteiger partial charge < -0.3 is 9.63 Å². The Kier molecular flexibility index (Phi) is 3.45. The molecular weight excluding hydrogens is 260 g/mol. The van der Waals surface area contributed by atoms with E-state index in [1.54, 1.807) is 13.0 Å². The van der Waals surface area contributed by atoms with Crippen LogP contribution in [0.4, 0.5) is 0 Å². The van der Waals surface area contributed by atoms with Crippen molar-refractivity contribution in [2.24, 2.45) is 0 Å². The number of sulfonamides is 1. The van der Waals surface area contributed by atoms with E-state index in [4.69, 9.17) is 9.63 Å². The summed E-state index contributed by atoms with van der Waals surface area (Å²) >= 11 is 0. The molecule has 0 aliphatic rings. The molecule has 18 heavy (non-hydrogen) atoms. The number of rotatable bonds is 5. The van der Waals surface area contributed by atoms with Crippen LogP contribution in [0.25, 0.3) is 0 Å². The molecule has 2 aromatic heterocycles. The molecule has 0 unspecified atom stereocenters. The van der Waals surface area contributed by atoms with Gasteiger partial charge in [-0.15, -0.1) is 0 Å². The van der Waals surface area contributed by atoms with Crippen LogP contribution >= 0.6 is 0 Å². The van der Waals surface area contributed by atoms with Gasteiger partial charge in [-0.05, 0) is 6.92 Å². The van der Waals surface area contributed by atoms with Crippen LogP contribution in [0.3, 0.4) is 0 Å². The third kappa shape index (κ3) is 2.42. The summed E-state index contributed by atoms with van der Waals surface area (Å²) in [5.41, 5.74) is 0.446. The van der Waals surface area contributed by atoms with Gasteiger partial charge in [0.2, 0.25) is 10.0 Å². The number of hydrogen-bond donors (Lipinski definition) is 3. The van der Waals surface area contributed by atoms with E-state index >= 15 is 0 Å². The standard InChI is InChI=1S/C9H12N4O4S/c1-6-9(8(5-14)13-12-6)18(15,16)11-4-7-2-3-10-17-7/h2-3,11,14H,4-5H2,1H3,(H,12,13). The van der Waals surface area contributed by atoms with E-state index in [9.17, 15) is 8.42 Å². The minimum atomic E-state index is -3.76. The van der Waals surface area contributed by atoms with Gasteiger partial charge in [-0.3, -0.25) is 5.10 Å². The number of aliphatic hydroxyl groups is 1. The number of aliphatic hydroxyl groups excluding tert-OH is 1. The van der Waals surface area contributed by atoms with Crippen LogP contribution < -0.4 is 4.72 Å². The number of aromatic nitrogens is 3. The van der Waals surface area contributed by atoms with Crippen molar-refractivity contribution in [3.8, 4) is 0 Å². The number of H-pyrrole nitrogens is 1. The lowest BCUT2D eigenvalue weighted by atomic mass is 10.4. The maximum absolute atomic E-state index is 12.0. The molecule has 0 aromatic carbocycles. The third-order valence-electron chi connectivity index (χ3n) is 2.31. The Morgan fingerprint density at radius 3 is 2.94 bits per heavy atom. The van der Waals surface area contributed by atoms with Crippen LogP contribution in [0.1, 0.15) is 17.1 Å². The topological polar surface area (TPSA) is 121 Å². The highest BCUT2D eigenvalue weighted by Gasteiger charge is 2.23. The van der Waals surface area contributed by atoms with Gasteiger partial charge in [0.05, 0.1) is 25.0 Å². The number of aryl methyl sites for hydroxylation is 1. The van der Waals surface area contributed by atoms with Gasteiger partial charge in [0.1, 0.15) is 10.6 Å². The lowest BCUT2D eigenvalue weighted by Gasteiger charge is -2.05. The van der Waals surface area contributed by atoms with Crippen LogP contribution in [-0.4, -0.2) is 28.9 Å². The summed E-state index contributed by atoms with van der Waals surface area (Å²) in [5.74, 6) is 0.394. The molecule has 0 radical (unpaired) electrons. The molecule has 0 spiro atoms. The highest BCUT2D eigenvalue weighted by atomic mass is 32.2. The molecule has 2 rings (SSSR count). The zero-order chi connectivity index (χ0) is 13.2. The highest BCUT2D eigenvalue weighted by Crippen LogP contribution is 2.17. The maximum Gasteiger partial charge on any atom is 0.244 e. The van der Waals surface area contributed by atoms with Gasteiger partial charge >= 0.3 is 0 Å². The van der Waals surface area contributed by atoms with Crippen LogP contribution in [0, 0.1) is 6.92 Å². The Morgan fingerprint density at radius 1 is 1.56 bits per heavy atom. The average Bonchev–Trinajstić information content (AvgIpc) is 2.95. The van der Waals surface area contributed by atoms with E-state index in [0.717, 1.165) is 0 Å². The zero-order valence-corrected chi connectivity index (χ0v) is 10.4. The molecule has 0 aliphatic carbocycles. The molecule has 0 amide bonds. The van der Waals surface area contributed by atoms with Crippen LogP contribution in [0.15, 0.2) is 21.7 Å². The van der Waals surface area contributed by atoms with Gasteiger partial charge in [-0.1, -0.05) is 5.16 Å². The minimum absolute atomic E-state index is 0.0160. The first kappa shape index (κ1) is 12.7. The van der Waals surface area contributed by atoms with Crippen LogP contribution in [-0.2, 0) is 23.2 Å². The van der Waals surface area contributed by atoms with E-state index in [-0.39, 0.29) is 17.1 Å². The molecule has 3 N–H and O–H groups in total. The van der Waals surface area contributed by atoms with Crippen molar-refractivity contribution in [3.05, 3.63) is 29.4 Å². The van der Waals surface area contributed by atoms with Crippen molar-refractivity contribution < 1.29 is 18.0 Å². The normalized spacial score (nSPS) is 11.9. The lowest BCUT2D eigenvalue weighted by Crippen LogP contribution is -2.24. The third-order valence-corrected chi connectivity index (χ3v) is 3.91. The smallest absolute Gasteiger partial charge is 0.244 e. The fourth-order valence-corrected chi connectivity index (χ4v) is 2.85. The van der Waals surface area contributed by atoms with Crippen LogP contribution in [0.2, 0.25) is 0 Å². The summed E-state index contributed by atoms with van der Waals surface area (Å²) in [5, 5.41) is 18.8. The Balaban J connectivity index is 2.22. The Bertz CT molecular complexity index is 617. The molecule has 0 fully saturated rings. The van der Waals surface area contributed by atoms with Gasteiger partial charge in [0, 0.05) is 6.07 Å². The molecule has 0 aliphatic heterocycles. The van der Waals surface area contributed by atoms with E-state index in [2.05, 4.69) is 20.1 Å². The predicted molar refractivity (Wildman–Crippen MR) is 59.8 cm³/mol. The fraction of sp³-hybridized carbons (Fsp3) is 0.333. The largest absolute Gasteiger partial charge is 0.390 e. The van der Waals surface area contributed by atoms with Crippen molar-refractivity contribution in [1.82, 2.24) is 20.1 Å².